The Hall–Kier alpha value is -1.63. The number of aliphatic imine (C=N–C) groups is 1. The number of halogens is 1. The molecule has 0 aliphatic carbocycles. The lowest BCUT2D eigenvalue weighted by molar-refractivity contribution is 0.145. The van der Waals surface area contributed by atoms with Crippen molar-refractivity contribution >= 4 is 46.6 Å². The van der Waals surface area contributed by atoms with Gasteiger partial charge in [0.1, 0.15) is 11.9 Å². The number of cyclic esters (lactones) is 1. The summed E-state index contributed by atoms with van der Waals surface area (Å²) < 4.78 is 19.8. The van der Waals surface area contributed by atoms with Crippen molar-refractivity contribution in [1.82, 2.24) is 0 Å². The van der Waals surface area contributed by atoms with Crippen LogP contribution in [0.25, 0.3) is 0 Å². The van der Waals surface area contributed by atoms with Crippen molar-refractivity contribution in [2.45, 2.75) is 12.5 Å². The second-order valence-corrected chi connectivity index (χ2v) is 7.04. The number of carbonyl (C=O) groups is 1. The van der Waals surface area contributed by atoms with E-state index in [9.17, 15) is 9.18 Å². The van der Waals surface area contributed by atoms with Crippen molar-refractivity contribution < 1.29 is 13.9 Å². The van der Waals surface area contributed by atoms with E-state index in [-0.39, 0.29) is 18.5 Å². The van der Waals surface area contributed by atoms with Gasteiger partial charge in [-0.3, -0.25) is 4.90 Å². The fourth-order valence-corrected chi connectivity index (χ4v) is 3.84. The van der Waals surface area contributed by atoms with Crippen LogP contribution >= 0.6 is 24.0 Å². The van der Waals surface area contributed by atoms with Crippen LogP contribution < -0.4 is 9.80 Å². The Kier molecular flexibility index (Phi) is 5.71. The quantitative estimate of drug-likeness (QED) is 0.604. The van der Waals surface area contributed by atoms with Crippen LogP contribution in [0.5, 0.6) is 0 Å². The van der Waals surface area contributed by atoms with Crippen LogP contribution in [-0.4, -0.2) is 55.0 Å². The Bertz CT molecular complexity index is 659. The molecule has 2 saturated heterocycles. The standard InChI is InChI=1S/C16H18FN3O2S2/c17-14-8-12(20-10-13(9-18-11-23)22-16(20)21)2-3-15(14)19-4-1-6-24-7-5-19/h2-3,8,13H,1,4-7,9-10H2/t13-/m0/s1. The van der Waals surface area contributed by atoms with E-state index in [0.717, 1.165) is 31.0 Å². The van der Waals surface area contributed by atoms with Gasteiger partial charge in [-0.25, -0.2) is 14.2 Å². The highest BCUT2D eigenvalue weighted by Gasteiger charge is 2.32. The van der Waals surface area contributed by atoms with E-state index in [2.05, 4.69) is 27.3 Å². The fourth-order valence-electron chi connectivity index (χ4n) is 2.87. The smallest absolute Gasteiger partial charge is 0.414 e. The highest BCUT2D eigenvalue weighted by Crippen LogP contribution is 2.29. The van der Waals surface area contributed by atoms with Crippen molar-refractivity contribution in [3.63, 3.8) is 0 Å². The van der Waals surface area contributed by atoms with E-state index in [1.54, 1.807) is 12.1 Å². The number of anilines is 2. The number of nitrogens with zero attached hydrogens (tertiary/aromatic N) is 3. The molecular formula is C16H18FN3O2S2. The number of ether oxygens (including phenoxy) is 1. The van der Waals surface area contributed by atoms with Crippen LogP contribution in [0.1, 0.15) is 6.42 Å². The van der Waals surface area contributed by atoms with E-state index < -0.39 is 6.09 Å². The summed E-state index contributed by atoms with van der Waals surface area (Å²) in [6.45, 7) is 2.30. The number of isothiocyanates is 1. The van der Waals surface area contributed by atoms with Gasteiger partial charge in [-0.2, -0.15) is 11.8 Å². The molecule has 1 amide bonds. The Morgan fingerprint density at radius 1 is 1.42 bits per heavy atom. The average Bonchev–Trinajstić information content (AvgIpc) is 2.77. The van der Waals surface area contributed by atoms with Gasteiger partial charge in [0.15, 0.2) is 0 Å². The number of amides is 1. The van der Waals surface area contributed by atoms with E-state index in [1.807, 2.05) is 11.8 Å². The molecule has 0 radical (unpaired) electrons. The summed E-state index contributed by atoms with van der Waals surface area (Å²) in [5.41, 5.74) is 1.09. The van der Waals surface area contributed by atoms with E-state index >= 15 is 0 Å². The summed E-state index contributed by atoms with van der Waals surface area (Å²) in [5, 5.41) is 2.25. The van der Waals surface area contributed by atoms with Crippen molar-refractivity contribution in [1.29, 1.82) is 0 Å². The maximum absolute atomic E-state index is 14.6. The topological polar surface area (TPSA) is 45.1 Å². The number of hydrogen-bond acceptors (Lipinski definition) is 6. The minimum Gasteiger partial charge on any atom is -0.442 e. The molecule has 2 fully saturated rings. The third kappa shape index (κ3) is 3.88. The van der Waals surface area contributed by atoms with Crippen LogP contribution in [0.2, 0.25) is 0 Å². The highest BCUT2D eigenvalue weighted by molar-refractivity contribution is 7.99. The fraction of sp³-hybridized carbons (Fsp3) is 0.500. The van der Waals surface area contributed by atoms with Gasteiger partial charge >= 0.3 is 6.09 Å². The maximum atomic E-state index is 14.6. The van der Waals surface area contributed by atoms with Gasteiger partial charge in [0.2, 0.25) is 0 Å². The maximum Gasteiger partial charge on any atom is 0.414 e. The normalized spacial score (nSPS) is 21.2. The molecule has 1 aromatic carbocycles. The zero-order chi connectivity index (χ0) is 16.9. The molecule has 3 rings (SSSR count). The van der Waals surface area contributed by atoms with Crippen LogP contribution in [0.4, 0.5) is 20.6 Å². The summed E-state index contributed by atoms with van der Waals surface area (Å²) in [6.07, 6.45) is 0.183. The number of hydrogen-bond donors (Lipinski definition) is 0. The van der Waals surface area contributed by atoms with Crippen molar-refractivity contribution in [3.05, 3.63) is 24.0 Å². The number of carbonyl (C=O) groups excluding carboxylic acids is 1. The van der Waals surface area contributed by atoms with Gasteiger partial charge in [0.25, 0.3) is 0 Å². The van der Waals surface area contributed by atoms with Gasteiger partial charge in [-0.15, -0.1) is 0 Å². The molecule has 0 N–H and O–H groups in total. The Balaban J connectivity index is 1.74. The van der Waals surface area contributed by atoms with Gasteiger partial charge in [-0.1, -0.05) is 0 Å². The van der Waals surface area contributed by atoms with Crippen molar-refractivity contribution in [2.75, 3.05) is 47.5 Å². The lowest BCUT2D eigenvalue weighted by Gasteiger charge is -2.24. The van der Waals surface area contributed by atoms with E-state index in [4.69, 9.17) is 4.74 Å². The van der Waals surface area contributed by atoms with Gasteiger partial charge in [-0.05, 0) is 42.6 Å². The van der Waals surface area contributed by atoms with Crippen LogP contribution in [0.15, 0.2) is 23.2 Å². The number of thioether (sulfide) groups is 1. The molecule has 0 aromatic heterocycles. The van der Waals surface area contributed by atoms with Gasteiger partial charge in [0, 0.05) is 18.8 Å². The average molecular weight is 367 g/mol. The molecule has 2 aliphatic rings. The minimum absolute atomic E-state index is 0.276. The molecular weight excluding hydrogens is 349 g/mol. The molecule has 0 unspecified atom stereocenters. The summed E-state index contributed by atoms with van der Waals surface area (Å²) in [4.78, 5) is 19.3. The SMILES string of the molecule is O=C1O[C@@H](CN=C=S)CN1c1ccc(N2CCCSCC2)c(F)c1. The predicted octanol–water partition coefficient (Wildman–Crippen LogP) is 3.20. The second kappa shape index (κ2) is 7.96. The molecule has 1 atom stereocenters. The first-order chi connectivity index (χ1) is 11.7. The molecule has 0 saturated carbocycles. The first-order valence-corrected chi connectivity index (χ1v) is 9.39. The molecule has 0 bridgehead atoms. The largest absolute Gasteiger partial charge is 0.442 e. The lowest BCUT2D eigenvalue weighted by atomic mass is 10.2. The molecule has 2 heterocycles. The van der Waals surface area contributed by atoms with Gasteiger partial charge < -0.3 is 9.64 Å². The van der Waals surface area contributed by atoms with E-state index in [1.165, 1.54) is 11.0 Å². The zero-order valence-corrected chi connectivity index (χ0v) is 14.7. The number of benzene rings is 1. The molecule has 1 aromatic rings. The zero-order valence-electron chi connectivity index (χ0n) is 13.1. The Morgan fingerprint density at radius 3 is 3.08 bits per heavy atom. The predicted molar refractivity (Wildman–Crippen MR) is 98.1 cm³/mol. The summed E-state index contributed by atoms with van der Waals surface area (Å²) in [5.74, 6) is 1.80. The molecule has 24 heavy (non-hydrogen) atoms. The highest BCUT2D eigenvalue weighted by atomic mass is 32.2. The third-order valence-corrected chi connectivity index (χ3v) is 5.22. The van der Waals surface area contributed by atoms with Crippen LogP contribution in [0, 0.1) is 5.82 Å². The first kappa shape index (κ1) is 17.2. The number of rotatable bonds is 4. The first-order valence-electron chi connectivity index (χ1n) is 7.83. The van der Waals surface area contributed by atoms with Gasteiger partial charge in [0.05, 0.1) is 29.6 Å². The summed E-state index contributed by atoms with van der Waals surface area (Å²) in [7, 11) is 0. The van der Waals surface area contributed by atoms with Crippen LogP contribution in [0.3, 0.4) is 0 Å². The molecule has 2 aliphatic heterocycles. The Labute approximate surface area is 149 Å². The third-order valence-electron chi connectivity index (χ3n) is 4.04. The van der Waals surface area contributed by atoms with E-state index in [0.29, 0.717) is 17.9 Å². The number of thiocarbonyl (C=S) groups is 1. The molecule has 8 heteroatoms. The monoisotopic (exact) mass is 367 g/mol. The molecule has 0 spiro atoms. The Morgan fingerprint density at radius 2 is 2.29 bits per heavy atom. The minimum atomic E-state index is -0.488. The summed E-state index contributed by atoms with van der Waals surface area (Å²) >= 11 is 6.41. The van der Waals surface area contributed by atoms with Crippen LogP contribution in [-0.2, 0) is 4.74 Å². The second-order valence-electron chi connectivity index (χ2n) is 5.64. The summed E-state index contributed by atoms with van der Waals surface area (Å²) in [6, 6.07) is 4.92. The molecule has 128 valence electrons. The van der Waals surface area contributed by atoms with Crippen molar-refractivity contribution in [2.24, 2.45) is 4.99 Å². The molecule has 5 nitrogen and oxygen atoms in total. The lowest BCUT2D eigenvalue weighted by Crippen LogP contribution is -2.28. The van der Waals surface area contributed by atoms with Crippen molar-refractivity contribution in [3.8, 4) is 0 Å².